The largest absolute Gasteiger partial charge is 0.303 e. The van der Waals surface area contributed by atoms with E-state index in [4.69, 9.17) is 29.6 Å². The number of halogens is 2. The van der Waals surface area contributed by atoms with Crippen LogP contribution in [-0.4, -0.2) is 10.5 Å². The molecule has 0 atom stereocenters. The predicted molar refractivity (Wildman–Crippen MR) is 84.1 cm³/mol. The van der Waals surface area contributed by atoms with Gasteiger partial charge in [0.05, 0.1) is 21.8 Å². The van der Waals surface area contributed by atoms with Crippen LogP contribution in [0.1, 0.15) is 13.8 Å². The summed E-state index contributed by atoms with van der Waals surface area (Å²) in [6, 6.07) is 3.44. The lowest BCUT2D eigenvalue weighted by Gasteiger charge is -2.02. The quantitative estimate of drug-likeness (QED) is 0.774. The van der Waals surface area contributed by atoms with E-state index in [1.54, 1.807) is 30.5 Å². The zero-order chi connectivity index (χ0) is 14.9. The first-order valence-electron chi connectivity index (χ1n) is 5.94. The molecule has 0 spiro atoms. The van der Waals surface area contributed by atoms with Gasteiger partial charge in [0.1, 0.15) is 0 Å². The summed E-state index contributed by atoms with van der Waals surface area (Å²) in [7, 11) is 0. The third-order valence-corrected chi connectivity index (χ3v) is 4.18. The first-order chi connectivity index (χ1) is 9.43. The van der Waals surface area contributed by atoms with Crippen LogP contribution in [0.2, 0.25) is 10.0 Å². The Kier molecular flexibility index (Phi) is 4.54. The van der Waals surface area contributed by atoms with Gasteiger partial charge >= 0.3 is 0 Å². The highest BCUT2D eigenvalue weighted by molar-refractivity contribution is 7.16. The summed E-state index contributed by atoms with van der Waals surface area (Å²) in [5, 5.41) is 1.04. The molecule has 6 heteroatoms. The van der Waals surface area contributed by atoms with Gasteiger partial charge < -0.3 is 4.57 Å². The Bertz CT molecular complexity index is 781. The lowest BCUT2D eigenvalue weighted by molar-refractivity contribution is -0.120. The van der Waals surface area contributed by atoms with Crippen molar-refractivity contribution in [1.82, 2.24) is 4.57 Å². The second-order valence-electron chi connectivity index (χ2n) is 4.51. The van der Waals surface area contributed by atoms with Crippen LogP contribution >= 0.6 is 34.5 Å². The van der Waals surface area contributed by atoms with Crippen LogP contribution < -0.4 is 4.80 Å². The van der Waals surface area contributed by atoms with Crippen molar-refractivity contribution in [2.24, 2.45) is 10.9 Å². The molecule has 1 amide bonds. The number of benzene rings is 1. The van der Waals surface area contributed by atoms with Crippen molar-refractivity contribution in [2.45, 2.75) is 20.4 Å². The van der Waals surface area contributed by atoms with E-state index in [0.717, 1.165) is 10.2 Å². The van der Waals surface area contributed by atoms with Crippen LogP contribution in [0.4, 0.5) is 0 Å². The monoisotopic (exact) mass is 326 g/mol. The molecular weight excluding hydrogens is 315 g/mol. The SMILES string of the molecule is C#CCn1c(=NC(=O)C(C)C)sc2cc(Cl)cc(Cl)c21. The molecule has 0 saturated carbocycles. The summed E-state index contributed by atoms with van der Waals surface area (Å²) in [5.41, 5.74) is 0.759. The second kappa shape index (κ2) is 6.01. The van der Waals surface area contributed by atoms with Gasteiger partial charge in [0.15, 0.2) is 4.80 Å². The standard InChI is InChI=1S/C14H12Cl2N2OS/c1-4-5-18-12-10(16)6-9(15)7-11(12)20-14(18)17-13(19)8(2)3/h1,6-8H,5H2,2-3H3. The van der Waals surface area contributed by atoms with E-state index in [9.17, 15) is 4.79 Å². The molecule has 0 aliphatic rings. The summed E-state index contributed by atoms with van der Waals surface area (Å²) < 4.78 is 2.62. The van der Waals surface area contributed by atoms with Gasteiger partial charge in [0.25, 0.3) is 5.91 Å². The molecule has 0 aliphatic carbocycles. The predicted octanol–water partition coefficient (Wildman–Crippen LogP) is 3.73. The van der Waals surface area contributed by atoms with E-state index >= 15 is 0 Å². The van der Waals surface area contributed by atoms with E-state index in [0.29, 0.717) is 21.4 Å². The molecule has 0 radical (unpaired) electrons. The van der Waals surface area contributed by atoms with E-state index in [1.807, 2.05) is 0 Å². The summed E-state index contributed by atoms with van der Waals surface area (Å²) in [6.07, 6.45) is 5.39. The fraction of sp³-hybridized carbons (Fsp3) is 0.286. The third kappa shape index (κ3) is 2.90. The molecule has 104 valence electrons. The van der Waals surface area contributed by atoms with Crippen LogP contribution in [0, 0.1) is 18.3 Å². The van der Waals surface area contributed by atoms with Crippen LogP contribution in [0.3, 0.4) is 0 Å². The van der Waals surface area contributed by atoms with Crippen molar-refractivity contribution in [3.8, 4) is 12.3 Å². The maximum Gasteiger partial charge on any atom is 0.250 e. The molecule has 0 N–H and O–H groups in total. The third-order valence-electron chi connectivity index (χ3n) is 2.64. The van der Waals surface area contributed by atoms with Crippen molar-refractivity contribution < 1.29 is 4.79 Å². The number of aromatic nitrogens is 1. The highest BCUT2D eigenvalue weighted by Gasteiger charge is 2.12. The molecule has 1 heterocycles. The van der Waals surface area contributed by atoms with Crippen LogP contribution in [0.15, 0.2) is 17.1 Å². The minimum Gasteiger partial charge on any atom is -0.303 e. The Morgan fingerprint density at radius 1 is 1.50 bits per heavy atom. The smallest absolute Gasteiger partial charge is 0.250 e. The Hall–Kier alpha value is -1.28. The van der Waals surface area contributed by atoms with Gasteiger partial charge in [-0.15, -0.1) is 6.42 Å². The maximum atomic E-state index is 11.8. The number of thiazole rings is 1. The zero-order valence-electron chi connectivity index (χ0n) is 11.0. The highest BCUT2D eigenvalue weighted by atomic mass is 35.5. The topological polar surface area (TPSA) is 34.4 Å². The van der Waals surface area contributed by atoms with E-state index in [2.05, 4.69) is 10.9 Å². The van der Waals surface area contributed by atoms with Crippen molar-refractivity contribution >= 4 is 50.7 Å². The minimum absolute atomic E-state index is 0.168. The molecular formula is C14H12Cl2N2OS. The normalized spacial score (nSPS) is 12.1. The van der Waals surface area contributed by atoms with Gasteiger partial charge in [0.2, 0.25) is 0 Å². The first-order valence-corrected chi connectivity index (χ1v) is 7.51. The first kappa shape index (κ1) is 15.1. The average molecular weight is 327 g/mol. The number of terminal acetylenes is 1. The molecule has 20 heavy (non-hydrogen) atoms. The average Bonchev–Trinajstić information content (AvgIpc) is 2.67. The number of amides is 1. The maximum absolute atomic E-state index is 11.8. The van der Waals surface area contributed by atoms with E-state index in [1.165, 1.54) is 11.3 Å². The number of hydrogen-bond donors (Lipinski definition) is 0. The molecule has 2 rings (SSSR count). The van der Waals surface area contributed by atoms with Gasteiger partial charge in [-0.3, -0.25) is 4.79 Å². The number of carbonyl (C=O) groups excluding carboxylic acids is 1. The molecule has 1 aromatic carbocycles. The van der Waals surface area contributed by atoms with E-state index < -0.39 is 0 Å². The molecule has 1 aromatic heterocycles. The fourth-order valence-electron chi connectivity index (χ4n) is 1.68. The van der Waals surface area contributed by atoms with Crippen molar-refractivity contribution in [3.05, 3.63) is 27.0 Å². The zero-order valence-corrected chi connectivity index (χ0v) is 13.3. The number of carbonyl (C=O) groups is 1. The molecule has 0 fully saturated rings. The highest BCUT2D eigenvalue weighted by Crippen LogP contribution is 2.29. The van der Waals surface area contributed by atoms with Crippen LogP contribution in [0.5, 0.6) is 0 Å². The fourth-order valence-corrected chi connectivity index (χ4v) is 3.49. The van der Waals surface area contributed by atoms with Crippen LogP contribution in [-0.2, 0) is 11.3 Å². The number of hydrogen-bond acceptors (Lipinski definition) is 2. The molecule has 0 aliphatic heterocycles. The Labute approximate surface area is 130 Å². The lowest BCUT2D eigenvalue weighted by Crippen LogP contribution is -2.18. The van der Waals surface area contributed by atoms with Gasteiger partial charge in [-0.2, -0.15) is 4.99 Å². The van der Waals surface area contributed by atoms with Gasteiger partial charge in [-0.1, -0.05) is 54.3 Å². The number of rotatable bonds is 2. The minimum atomic E-state index is -0.190. The Morgan fingerprint density at radius 3 is 2.80 bits per heavy atom. The Balaban J connectivity index is 2.79. The lowest BCUT2D eigenvalue weighted by atomic mass is 10.2. The molecule has 0 bridgehead atoms. The number of nitrogens with zero attached hydrogens (tertiary/aromatic N) is 2. The van der Waals surface area contributed by atoms with Gasteiger partial charge in [-0.05, 0) is 12.1 Å². The van der Waals surface area contributed by atoms with E-state index in [-0.39, 0.29) is 11.8 Å². The molecule has 0 saturated heterocycles. The van der Waals surface area contributed by atoms with Crippen molar-refractivity contribution in [2.75, 3.05) is 0 Å². The summed E-state index contributed by atoms with van der Waals surface area (Å²) in [6.45, 7) is 3.90. The van der Waals surface area contributed by atoms with Crippen molar-refractivity contribution in [3.63, 3.8) is 0 Å². The Morgan fingerprint density at radius 2 is 2.20 bits per heavy atom. The summed E-state index contributed by atoms with van der Waals surface area (Å²) in [5.74, 6) is 2.20. The van der Waals surface area contributed by atoms with Gasteiger partial charge in [0, 0.05) is 10.9 Å². The molecule has 2 aromatic rings. The van der Waals surface area contributed by atoms with Crippen molar-refractivity contribution in [1.29, 1.82) is 0 Å². The summed E-state index contributed by atoms with van der Waals surface area (Å²) >= 11 is 13.6. The number of fused-ring (bicyclic) bond motifs is 1. The molecule has 3 nitrogen and oxygen atoms in total. The molecule has 0 unspecified atom stereocenters. The summed E-state index contributed by atoms with van der Waals surface area (Å²) in [4.78, 5) is 16.5. The van der Waals surface area contributed by atoms with Crippen LogP contribution in [0.25, 0.3) is 10.2 Å². The van der Waals surface area contributed by atoms with Gasteiger partial charge in [-0.25, -0.2) is 0 Å². The second-order valence-corrected chi connectivity index (χ2v) is 6.37.